The standard InChI is InChI=1S/C35H38N4O7.C31H32N4O5/c1-35(2,34(42)43)46-25-11-13-29-26(18-25)23(19-38(29)3)17-28(33(41)44-4)37-32(40)21-10-12-30-27(16-21)36-31(22-14-15-45-20-22)39(30)24-8-6-5-7-9-24;1-34-17-21(24-16-23(36)9-11-27(24)34)15-26(31(38)39-2)33-30(37)19-8-10-28-25(14-19)32-29(20-12-13-40-18-20)35(28)22-6-4-3-5-7-22/h10-16,18-20,24,28H,5-9,17H2,1-4H3,(H,37,40)(H,42,43);8-14,16-18,22,26,36H,3-7,15H2,1-2H3,(H,33,37)/t28-;26-/m00/s1. The first-order valence-corrected chi connectivity index (χ1v) is 29.1. The van der Waals surface area contributed by atoms with Gasteiger partial charge in [-0.05, 0) is 136 Å². The number of aromatic nitrogens is 6. The Bertz CT molecular complexity index is 4130. The zero-order valence-electron chi connectivity index (χ0n) is 49.0. The molecule has 6 aromatic heterocycles. The number of aliphatic carboxylic acids is 1. The van der Waals surface area contributed by atoms with Gasteiger partial charge in [0.05, 0.1) is 59.9 Å². The van der Waals surface area contributed by atoms with Crippen LogP contribution in [-0.2, 0) is 50.8 Å². The molecular formula is C66H70N8O12. The maximum absolute atomic E-state index is 13.6. The van der Waals surface area contributed by atoms with Crippen molar-refractivity contribution in [3.63, 3.8) is 0 Å². The Morgan fingerprint density at radius 3 is 1.48 bits per heavy atom. The van der Waals surface area contributed by atoms with Crippen molar-refractivity contribution in [3.05, 3.63) is 145 Å². The monoisotopic (exact) mass is 1170 g/mol. The molecule has 0 saturated heterocycles. The predicted octanol–water partition coefficient (Wildman–Crippen LogP) is 11.6. The molecule has 20 heteroatoms. The molecule has 446 valence electrons. The molecule has 12 rings (SSSR count). The molecule has 20 nitrogen and oxygen atoms in total. The fourth-order valence-electron chi connectivity index (χ4n) is 12.3. The van der Waals surface area contributed by atoms with Gasteiger partial charge in [0.15, 0.2) is 5.60 Å². The highest BCUT2D eigenvalue weighted by atomic mass is 16.5. The maximum Gasteiger partial charge on any atom is 0.347 e. The molecule has 0 spiro atoms. The maximum atomic E-state index is 13.6. The van der Waals surface area contributed by atoms with Crippen LogP contribution < -0.4 is 15.4 Å². The van der Waals surface area contributed by atoms with Gasteiger partial charge in [0, 0.05) is 84.3 Å². The lowest BCUT2D eigenvalue weighted by Gasteiger charge is -2.25. The summed E-state index contributed by atoms with van der Waals surface area (Å²) in [4.78, 5) is 74.2. The molecule has 0 aliphatic heterocycles. The number of carboxylic acids is 1. The number of furan rings is 2. The molecule has 2 amide bonds. The lowest BCUT2D eigenvalue weighted by atomic mass is 9.95. The van der Waals surface area contributed by atoms with E-state index in [0.717, 1.165) is 105 Å². The Labute approximate surface area is 495 Å². The number of nitrogens with zero attached hydrogens (tertiary/aromatic N) is 6. The molecule has 4 aromatic carbocycles. The van der Waals surface area contributed by atoms with Crippen LogP contribution in [0.4, 0.5) is 0 Å². The summed E-state index contributed by atoms with van der Waals surface area (Å²) in [6, 6.07) is 23.9. The number of amides is 2. The van der Waals surface area contributed by atoms with Crippen molar-refractivity contribution in [1.29, 1.82) is 0 Å². The summed E-state index contributed by atoms with van der Waals surface area (Å²) in [6.07, 6.45) is 22.3. The number of carbonyl (C=O) groups is 5. The predicted molar refractivity (Wildman–Crippen MR) is 323 cm³/mol. The van der Waals surface area contributed by atoms with E-state index < -0.39 is 47.4 Å². The molecule has 6 heterocycles. The van der Waals surface area contributed by atoms with Crippen molar-refractivity contribution in [1.82, 2.24) is 38.9 Å². The van der Waals surface area contributed by atoms with Gasteiger partial charge in [0.2, 0.25) is 0 Å². The van der Waals surface area contributed by atoms with Gasteiger partial charge in [0.25, 0.3) is 11.8 Å². The number of carbonyl (C=O) groups excluding carboxylic acids is 4. The number of nitrogens with one attached hydrogen (secondary N) is 2. The molecule has 4 N–H and O–H groups in total. The number of ether oxygens (including phenoxy) is 3. The number of fused-ring (bicyclic) bond motifs is 4. The third-order valence-electron chi connectivity index (χ3n) is 16.8. The average Bonchev–Trinajstić information content (AvgIpc) is 2.63. The Kier molecular flexibility index (Phi) is 16.6. The van der Waals surface area contributed by atoms with E-state index in [4.69, 9.17) is 33.0 Å². The van der Waals surface area contributed by atoms with Gasteiger partial charge in [0.1, 0.15) is 47.8 Å². The molecule has 2 aliphatic rings. The van der Waals surface area contributed by atoms with Crippen molar-refractivity contribution in [2.75, 3.05) is 14.2 Å². The van der Waals surface area contributed by atoms with Crippen LogP contribution in [0.25, 0.3) is 66.6 Å². The van der Waals surface area contributed by atoms with Crippen LogP contribution in [0.3, 0.4) is 0 Å². The zero-order valence-corrected chi connectivity index (χ0v) is 49.0. The van der Waals surface area contributed by atoms with Crippen LogP contribution in [0.2, 0.25) is 0 Å². The van der Waals surface area contributed by atoms with Crippen LogP contribution in [0.5, 0.6) is 11.5 Å². The molecule has 2 fully saturated rings. The van der Waals surface area contributed by atoms with Crippen LogP contribution in [0, 0.1) is 0 Å². The summed E-state index contributed by atoms with van der Waals surface area (Å²) < 4.78 is 35.0. The number of aromatic hydroxyl groups is 1. The number of hydrogen-bond donors (Lipinski definition) is 4. The van der Waals surface area contributed by atoms with Crippen molar-refractivity contribution in [3.8, 4) is 34.3 Å². The SMILES string of the molecule is COC(=O)[C@H](Cc1cn(C)c2ccc(O)cc12)NC(=O)c1ccc2c(c1)nc(-c1ccoc1)n2C1CCCCC1.COC(=O)[C@H](Cc1cn(C)c2ccc(OC(C)(C)C(=O)O)cc12)NC(=O)c1ccc2c(c1)nc(-c1ccoc1)n2C1CCCCC1. The number of esters is 2. The quantitative estimate of drug-likeness (QED) is 0.0619. The highest BCUT2D eigenvalue weighted by molar-refractivity contribution is 6.01. The van der Waals surface area contributed by atoms with E-state index in [2.05, 4.69) is 19.8 Å². The van der Waals surface area contributed by atoms with E-state index in [-0.39, 0.29) is 18.6 Å². The number of methoxy groups -OCH3 is 2. The summed E-state index contributed by atoms with van der Waals surface area (Å²) in [5, 5.41) is 26.8. The second kappa shape index (κ2) is 24.6. The van der Waals surface area contributed by atoms with E-state index in [1.807, 2.05) is 72.0 Å². The number of carboxylic acid groups (broad SMARTS) is 1. The number of hydrogen-bond acceptors (Lipinski definition) is 13. The molecule has 2 atom stereocenters. The van der Waals surface area contributed by atoms with Gasteiger partial charge >= 0.3 is 17.9 Å². The van der Waals surface area contributed by atoms with Crippen molar-refractivity contribution >= 4 is 73.6 Å². The third-order valence-corrected chi connectivity index (χ3v) is 16.8. The van der Waals surface area contributed by atoms with Gasteiger partial charge in [-0.1, -0.05) is 38.5 Å². The number of imidazole rings is 2. The van der Waals surface area contributed by atoms with Crippen LogP contribution in [-0.4, -0.2) is 100 Å². The Morgan fingerprint density at radius 2 is 1.05 bits per heavy atom. The minimum atomic E-state index is -1.43. The van der Waals surface area contributed by atoms with E-state index >= 15 is 0 Å². The summed E-state index contributed by atoms with van der Waals surface area (Å²) in [5.41, 5.74) is 7.81. The highest BCUT2D eigenvalue weighted by Gasteiger charge is 2.32. The zero-order chi connectivity index (χ0) is 60.4. The van der Waals surface area contributed by atoms with E-state index in [1.54, 1.807) is 73.6 Å². The Morgan fingerprint density at radius 1 is 0.605 bits per heavy atom. The molecule has 10 aromatic rings. The van der Waals surface area contributed by atoms with Crippen LogP contribution in [0.1, 0.15) is 122 Å². The van der Waals surface area contributed by atoms with Crippen LogP contribution >= 0.6 is 0 Å². The topological polar surface area (TPSA) is 249 Å². The summed E-state index contributed by atoms with van der Waals surface area (Å²) >= 11 is 0. The fourth-order valence-corrected chi connectivity index (χ4v) is 12.3. The molecule has 86 heavy (non-hydrogen) atoms. The number of aryl methyl sites for hydroxylation is 2. The second-order valence-corrected chi connectivity index (χ2v) is 23.0. The Hall–Kier alpha value is -9.59. The van der Waals surface area contributed by atoms with Gasteiger partial charge < -0.3 is 62.2 Å². The smallest absolute Gasteiger partial charge is 0.347 e. The van der Waals surface area contributed by atoms with Gasteiger partial charge in [-0.25, -0.2) is 24.4 Å². The largest absolute Gasteiger partial charge is 0.508 e. The van der Waals surface area contributed by atoms with Crippen LogP contribution in [0.15, 0.2) is 131 Å². The normalized spacial score (nSPS) is 14.9. The first kappa shape index (κ1) is 58.2. The lowest BCUT2D eigenvalue weighted by Crippen LogP contribution is -2.43. The summed E-state index contributed by atoms with van der Waals surface area (Å²) in [5.74, 6) is -0.891. The summed E-state index contributed by atoms with van der Waals surface area (Å²) in [6.45, 7) is 2.95. The number of rotatable bonds is 17. The molecule has 0 unspecified atom stereocenters. The first-order chi connectivity index (χ1) is 41.5. The van der Waals surface area contributed by atoms with E-state index in [0.29, 0.717) is 40.0 Å². The van der Waals surface area contributed by atoms with E-state index in [9.17, 15) is 34.2 Å². The molecule has 2 aliphatic carbocycles. The number of phenolic OH excluding ortho intramolecular Hbond substituents is 1. The first-order valence-electron chi connectivity index (χ1n) is 29.1. The lowest BCUT2D eigenvalue weighted by molar-refractivity contribution is -0.152. The number of phenols is 1. The van der Waals surface area contributed by atoms with Gasteiger partial charge in [-0.15, -0.1) is 0 Å². The van der Waals surface area contributed by atoms with Gasteiger partial charge in [-0.3, -0.25) is 9.59 Å². The average molecular weight is 1170 g/mol. The highest BCUT2D eigenvalue weighted by Crippen LogP contribution is 2.39. The molecule has 0 radical (unpaired) electrons. The van der Waals surface area contributed by atoms with Crippen molar-refractivity contribution in [2.45, 2.75) is 121 Å². The number of benzene rings is 4. The minimum absolute atomic E-state index is 0.134. The second-order valence-electron chi connectivity index (χ2n) is 23.0. The Balaban J connectivity index is 0.000000180. The van der Waals surface area contributed by atoms with Gasteiger partial charge in [-0.2, -0.15) is 0 Å². The van der Waals surface area contributed by atoms with E-state index in [1.165, 1.54) is 53.8 Å². The fraction of sp³-hybridized carbons (Fsp3) is 0.348. The van der Waals surface area contributed by atoms with Crippen molar-refractivity contribution < 1.29 is 57.2 Å². The minimum Gasteiger partial charge on any atom is -0.508 e. The van der Waals surface area contributed by atoms with Crippen molar-refractivity contribution in [2.24, 2.45) is 14.1 Å². The molecular weight excluding hydrogens is 1100 g/mol. The third kappa shape index (κ3) is 11.9. The molecule has 0 bridgehead atoms. The summed E-state index contributed by atoms with van der Waals surface area (Å²) in [7, 11) is 6.36. The molecule has 2 saturated carbocycles.